The van der Waals surface area contributed by atoms with Crippen LogP contribution >= 0.6 is 7.75 Å². The number of benzene rings is 1. The summed E-state index contributed by atoms with van der Waals surface area (Å²) in [4.78, 5) is 29.1. The van der Waals surface area contributed by atoms with Gasteiger partial charge in [-0.25, -0.2) is 14.3 Å². The van der Waals surface area contributed by atoms with Crippen molar-refractivity contribution in [3.8, 4) is 11.8 Å². The number of nitrogens with two attached hydrogens (primary N) is 1. The minimum Gasteiger partial charge on any atom is -0.480 e. The molecule has 0 spiro atoms. The largest absolute Gasteiger partial charge is 0.480 e. The number of aliphatic hydroxyl groups excluding tert-OH is 1. The van der Waals surface area contributed by atoms with E-state index in [-0.39, 0.29) is 29.6 Å². The van der Waals surface area contributed by atoms with Crippen molar-refractivity contribution in [1.29, 1.82) is 5.26 Å². The Labute approximate surface area is 224 Å². The molecule has 3 rings (SSSR count). The topological polar surface area (TPSA) is 221 Å². The van der Waals surface area contributed by atoms with E-state index in [1.807, 2.05) is 13.8 Å². The summed E-state index contributed by atoms with van der Waals surface area (Å²) < 4.78 is 32.5. The lowest BCUT2D eigenvalue weighted by molar-refractivity contribution is -0.216. The standard InChI is InChI=1S/C24H32N5O9P/c1-4-14(2)12-29(15(3)22(31)32)39(35,38-16-8-6-5-7-9-16)36-13-19-20(30)17(10-25)24(34,37-19)18-11-27-23(33)28-21(18)26/h5-9,11,14-15,17,19-20,30,34H,4,12-13H2,1-3H3,(H,31,32)(H3,26,27,28,33)/t14?,15?,17-,19-,20+,24-,39-/m1/s1. The van der Waals surface area contributed by atoms with Crippen LogP contribution < -0.4 is 15.9 Å². The first kappa shape index (κ1) is 30.2. The summed E-state index contributed by atoms with van der Waals surface area (Å²) in [7, 11) is -4.45. The lowest BCUT2D eigenvalue weighted by Gasteiger charge is -2.34. The summed E-state index contributed by atoms with van der Waals surface area (Å²) >= 11 is 0. The smallest absolute Gasteiger partial charge is 0.462 e. The number of carbonyl (C=O) groups is 1. The van der Waals surface area contributed by atoms with Crippen LogP contribution in [-0.2, 0) is 24.4 Å². The molecule has 1 aliphatic heterocycles. The minimum absolute atomic E-state index is 0.0342. The molecule has 1 saturated heterocycles. The average Bonchev–Trinajstić information content (AvgIpc) is 3.14. The SMILES string of the molecule is CCC(C)CN(C(C)C(=O)O)[P@@](=O)(OC[C@H]1O[C@@](O)(c2cnc(=O)[nH]c2N)[C@H](C#N)[C@@H]1O)Oc1ccccc1. The van der Waals surface area contributed by atoms with Crippen molar-refractivity contribution in [2.75, 3.05) is 18.9 Å². The van der Waals surface area contributed by atoms with E-state index in [4.69, 9.17) is 19.5 Å². The summed E-state index contributed by atoms with van der Waals surface area (Å²) in [6.45, 7) is 4.43. The van der Waals surface area contributed by atoms with Crippen LogP contribution in [0.2, 0.25) is 0 Å². The number of aliphatic hydroxyl groups is 2. The van der Waals surface area contributed by atoms with Gasteiger partial charge in [-0.1, -0.05) is 38.5 Å². The Morgan fingerprint density at radius 2 is 2.05 bits per heavy atom. The number of carboxylic acid groups (broad SMARTS) is 1. The lowest BCUT2D eigenvalue weighted by atomic mass is 9.90. The van der Waals surface area contributed by atoms with Gasteiger partial charge in [-0.05, 0) is 25.0 Å². The summed E-state index contributed by atoms with van der Waals surface area (Å²) in [5.41, 5.74) is 4.73. The molecule has 1 aliphatic rings. The highest BCUT2D eigenvalue weighted by Crippen LogP contribution is 2.54. The number of hydrogen-bond acceptors (Lipinski definition) is 11. The fourth-order valence-electron chi connectivity index (χ4n) is 4.02. The van der Waals surface area contributed by atoms with Crippen molar-refractivity contribution >= 4 is 19.5 Å². The van der Waals surface area contributed by atoms with Gasteiger partial charge in [0, 0.05) is 12.7 Å². The maximum absolute atomic E-state index is 14.3. The number of aromatic amines is 1. The highest BCUT2D eigenvalue weighted by atomic mass is 31.2. The number of nitrogen functional groups attached to an aromatic ring is 1. The van der Waals surface area contributed by atoms with Crippen LogP contribution in [0, 0.1) is 23.2 Å². The maximum atomic E-state index is 14.3. The molecule has 2 aromatic rings. The zero-order chi connectivity index (χ0) is 29.0. The first-order chi connectivity index (χ1) is 18.4. The average molecular weight is 566 g/mol. The molecular formula is C24H32N5O9P. The van der Waals surface area contributed by atoms with E-state index >= 15 is 0 Å². The molecule has 1 aromatic carbocycles. The van der Waals surface area contributed by atoms with Crippen molar-refractivity contribution < 1.29 is 38.5 Å². The van der Waals surface area contributed by atoms with E-state index in [1.165, 1.54) is 19.1 Å². The number of ether oxygens (including phenoxy) is 1. The number of H-pyrrole nitrogens is 1. The van der Waals surface area contributed by atoms with Crippen molar-refractivity contribution in [3.05, 3.63) is 52.6 Å². The second-order valence-corrected chi connectivity index (χ2v) is 11.2. The Bertz CT molecular complexity index is 1300. The Hall–Kier alpha value is -3.31. The molecule has 2 unspecified atom stereocenters. The number of rotatable bonds is 12. The molecule has 212 valence electrons. The number of para-hydroxylation sites is 1. The number of anilines is 1. The molecule has 0 radical (unpaired) electrons. The van der Waals surface area contributed by atoms with Crippen LogP contribution in [0.5, 0.6) is 5.75 Å². The quantitative estimate of drug-likeness (QED) is 0.230. The molecule has 0 aliphatic carbocycles. The second kappa shape index (κ2) is 12.3. The van der Waals surface area contributed by atoms with E-state index in [9.17, 15) is 34.7 Å². The Morgan fingerprint density at radius 1 is 1.38 bits per heavy atom. The van der Waals surface area contributed by atoms with E-state index in [0.29, 0.717) is 6.42 Å². The minimum atomic E-state index is -4.45. The maximum Gasteiger partial charge on any atom is 0.462 e. The number of nitrogens with one attached hydrogen (secondary N) is 1. The molecule has 6 N–H and O–H groups in total. The van der Waals surface area contributed by atoms with Gasteiger partial charge in [0.15, 0.2) is 0 Å². The first-order valence-corrected chi connectivity index (χ1v) is 13.7. The molecule has 2 heterocycles. The molecule has 0 saturated carbocycles. The third-order valence-corrected chi connectivity index (χ3v) is 8.58. The van der Waals surface area contributed by atoms with Gasteiger partial charge >= 0.3 is 19.4 Å². The predicted molar refractivity (Wildman–Crippen MR) is 137 cm³/mol. The Kier molecular flexibility index (Phi) is 9.50. The van der Waals surface area contributed by atoms with Gasteiger partial charge in [0.25, 0.3) is 0 Å². The van der Waals surface area contributed by atoms with Gasteiger partial charge in [-0.15, -0.1) is 0 Å². The van der Waals surface area contributed by atoms with Crippen molar-refractivity contribution in [1.82, 2.24) is 14.6 Å². The molecule has 7 atom stereocenters. The second-order valence-electron chi connectivity index (χ2n) is 9.28. The fraction of sp³-hybridized carbons (Fsp3) is 0.500. The zero-order valence-corrected chi connectivity index (χ0v) is 22.5. The van der Waals surface area contributed by atoms with E-state index in [1.54, 1.807) is 24.3 Å². The van der Waals surface area contributed by atoms with Gasteiger partial charge in [-0.3, -0.25) is 14.3 Å². The highest BCUT2D eigenvalue weighted by molar-refractivity contribution is 7.51. The number of aromatic nitrogens is 2. The van der Waals surface area contributed by atoms with Crippen molar-refractivity contribution in [2.24, 2.45) is 11.8 Å². The number of aliphatic carboxylic acids is 1. The van der Waals surface area contributed by atoms with E-state index in [0.717, 1.165) is 10.9 Å². The fourth-order valence-corrected chi connectivity index (χ4v) is 6.05. The van der Waals surface area contributed by atoms with Crippen LogP contribution in [0.25, 0.3) is 0 Å². The molecular weight excluding hydrogens is 533 g/mol. The summed E-state index contributed by atoms with van der Waals surface area (Å²) in [5.74, 6) is -5.67. The van der Waals surface area contributed by atoms with Crippen molar-refractivity contribution in [3.63, 3.8) is 0 Å². The van der Waals surface area contributed by atoms with Gasteiger partial charge in [0.2, 0.25) is 5.79 Å². The molecule has 1 fully saturated rings. The molecule has 14 nitrogen and oxygen atoms in total. The number of carboxylic acids is 1. The first-order valence-electron chi connectivity index (χ1n) is 12.2. The van der Waals surface area contributed by atoms with Gasteiger partial charge in [0.1, 0.15) is 35.7 Å². The normalized spacial score (nSPS) is 25.9. The lowest BCUT2D eigenvalue weighted by Crippen LogP contribution is -2.41. The predicted octanol–water partition coefficient (Wildman–Crippen LogP) is 1.42. The molecule has 0 amide bonds. The molecule has 39 heavy (non-hydrogen) atoms. The number of nitrogens with zero attached hydrogens (tertiary/aromatic N) is 3. The van der Waals surface area contributed by atoms with Crippen LogP contribution in [0.4, 0.5) is 5.82 Å². The number of hydrogen-bond donors (Lipinski definition) is 5. The summed E-state index contributed by atoms with van der Waals surface area (Å²) in [6, 6.07) is 8.46. The van der Waals surface area contributed by atoms with Crippen molar-refractivity contribution in [2.45, 2.75) is 51.2 Å². The summed E-state index contributed by atoms with van der Waals surface area (Å²) in [6.07, 6.45) is -1.55. The molecule has 15 heteroatoms. The Morgan fingerprint density at radius 3 is 2.62 bits per heavy atom. The zero-order valence-electron chi connectivity index (χ0n) is 21.6. The van der Waals surface area contributed by atoms with Crippen LogP contribution in [-0.4, -0.2) is 67.3 Å². The van der Waals surface area contributed by atoms with E-state index < -0.39 is 56.0 Å². The molecule has 0 bridgehead atoms. The van der Waals surface area contributed by atoms with Crippen LogP contribution in [0.15, 0.2) is 41.3 Å². The van der Waals surface area contributed by atoms with Gasteiger partial charge in [-0.2, -0.15) is 9.93 Å². The third-order valence-electron chi connectivity index (χ3n) is 6.52. The van der Waals surface area contributed by atoms with Crippen LogP contribution in [0.3, 0.4) is 0 Å². The monoisotopic (exact) mass is 565 g/mol. The van der Waals surface area contributed by atoms with Gasteiger partial charge < -0.3 is 30.3 Å². The summed E-state index contributed by atoms with van der Waals surface area (Å²) in [5, 5.41) is 41.5. The van der Waals surface area contributed by atoms with Crippen LogP contribution in [0.1, 0.15) is 32.8 Å². The van der Waals surface area contributed by atoms with E-state index in [2.05, 4.69) is 9.97 Å². The highest BCUT2D eigenvalue weighted by Gasteiger charge is 2.57. The van der Waals surface area contributed by atoms with Gasteiger partial charge in [0.05, 0.1) is 18.2 Å². The molecule has 1 aromatic heterocycles. The Balaban J connectivity index is 1.96. The third kappa shape index (κ3) is 6.47. The number of nitriles is 1.